The quantitative estimate of drug-likeness (QED) is 0.900. The molecule has 1 atom stereocenters. The second-order valence-corrected chi connectivity index (χ2v) is 4.64. The minimum absolute atomic E-state index is 0.288. The first-order valence-electron chi connectivity index (χ1n) is 5.21. The van der Waals surface area contributed by atoms with Crippen molar-refractivity contribution in [2.45, 2.75) is 13.0 Å². The van der Waals surface area contributed by atoms with Crippen molar-refractivity contribution < 1.29 is 0 Å². The van der Waals surface area contributed by atoms with Crippen LogP contribution >= 0.6 is 23.2 Å². The lowest BCUT2D eigenvalue weighted by atomic mass is 9.97. The van der Waals surface area contributed by atoms with Crippen molar-refractivity contribution in [3.8, 4) is 0 Å². The van der Waals surface area contributed by atoms with Gasteiger partial charge in [0.2, 0.25) is 0 Å². The van der Waals surface area contributed by atoms with Gasteiger partial charge in [-0.15, -0.1) is 0 Å². The summed E-state index contributed by atoms with van der Waals surface area (Å²) >= 11 is 12.1. The Balaban J connectivity index is 2.48. The van der Waals surface area contributed by atoms with Gasteiger partial charge < -0.3 is 5.73 Å². The predicted octanol–water partition coefficient (Wildman–Crippen LogP) is 3.74. The van der Waals surface area contributed by atoms with Crippen molar-refractivity contribution in [1.82, 2.24) is 4.98 Å². The number of rotatable bonds is 2. The molecule has 0 bridgehead atoms. The number of nitrogens with two attached hydrogens (primary N) is 1. The molecule has 2 N–H and O–H groups in total. The lowest BCUT2D eigenvalue weighted by Gasteiger charge is -2.16. The first kappa shape index (κ1) is 12.4. The van der Waals surface area contributed by atoms with Crippen LogP contribution in [0.4, 0.5) is 0 Å². The fourth-order valence-electron chi connectivity index (χ4n) is 1.76. The maximum absolute atomic E-state index is 6.22. The van der Waals surface area contributed by atoms with Crippen LogP contribution in [0.5, 0.6) is 0 Å². The summed E-state index contributed by atoms with van der Waals surface area (Å²) in [6, 6.07) is 7.10. The van der Waals surface area contributed by atoms with E-state index in [1.807, 2.05) is 25.1 Å². The van der Waals surface area contributed by atoms with Crippen LogP contribution < -0.4 is 5.73 Å². The van der Waals surface area contributed by atoms with Gasteiger partial charge in [0.1, 0.15) is 0 Å². The molecule has 1 unspecified atom stereocenters. The smallest absolute Gasteiger partial charge is 0.0643 e. The Hall–Kier alpha value is -1.09. The first-order chi connectivity index (χ1) is 8.11. The molecule has 2 rings (SSSR count). The van der Waals surface area contributed by atoms with Crippen molar-refractivity contribution in [2.24, 2.45) is 5.73 Å². The van der Waals surface area contributed by atoms with Gasteiger partial charge in [0, 0.05) is 12.4 Å². The van der Waals surface area contributed by atoms with Gasteiger partial charge in [-0.3, -0.25) is 4.98 Å². The monoisotopic (exact) mass is 266 g/mol. The van der Waals surface area contributed by atoms with Crippen molar-refractivity contribution in [3.05, 3.63) is 63.4 Å². The summed E-state index contributed by atoms with van der Waals surface area (Å²) in [6.07, 6.45) is 3.51. The van der Waals surface area contributed by atoms with Crippen LogP contribution in [0, 0.1) is 6.92 Å². The molecule has 2 aromatic rings. The SMILES string of the molecule is Cc1cnccc1C(N)c1cccc(Cl)c1Cl. The lowest BCUT2D eigenvalue weighted by molar-refractivity contribution is 0.857. The standard InChI is InChI=1S/C13H12Cl2N2/c1-8-7-17-6-5-9(8)13(16)10-3-2-4-11(14)12(10)15/h2-7,13H,16H2,1H3. The molecular weight excluding hydrogens is 255 g/mol. The molecule has 0 saturated carbocycles. The zero-order chi connectivity index (χ0) is 12.4. The van der Waals surface area contributed by atoms with E-state index in [-0.39, 0.29) is 6.04 Å². The van der Waals surface area contributed by atoms with Crippen molar-refractivity contribution in [1.29, 1.82) is 0 Å². The van der Waals surface area contributed by atoms with Crippen LogP contribution in [0.2, 0.25) is 10.0 Å². The topological polar surface area (TPSA) is 38.9 Å². The van der Waals surface area contributed by atoms with Crippen LogP contribution in [0.15, 0.2) is 36.7 Å². The highest BCUT2D eigenvalue weighted by Gasteiger charge is 2.15. The second-order valence-electron chi connectivity index (χ2n) is 3.85. The molecule has 4 heteroatoms. The highest BCUT2D eigenvalue weighted by Crippen LogP contribution is 2.32. The van der Waals surface area contributed by atoms with Crippen molar-refractivity contribution >= 4 is 23.2 Å². The summed E-state index contributed by atoms with van der Waals surface area (Å²) in [5, 5.41) is 1.03. The van der Waals surface area contributed by atoms with E-state index < -0.39 is 0 Å². The van der Waals surface area contributed by atoms with Crippen molar-refractivity contribution in [2.75, 3.05) is 0 Å². The normalized spacial score (nSPS) is 12.5. The van der Waals surface area contributed by atoms with Crippen LogP contribution in [0.1, 0.15) is 22.7 Å². The summed E-state index contributed by atoms with van der Waals surface area (Å²) in [4.78, 5) is 4.05. The molecule has 1 aromatic carbocycles. The molecule has 0 aliphatic rings. The van der Waals surface area contributed by atoms with Gasteiger partial charge in [-0.2, -0.15) is 0 Å². The minimum Gasteiger partial charge on any atom is -0.320 e. The molecular formula is C13H12Cl2N2. The van der Waals surface area contributed by atoms with E-state index >= 15 is 0 Å². The zero-order valence-corrected chi connectivity index (χ0v) is 10.8. The molecule has 1 aromatic heterocycles. The predicted molar refractivity (Wildman–Crippen MR) is 71.5 cm³/mol. The van der Waals surface area contributed by atoms with Gasteiger partial charge in [-0.1, -0.05) is 35.3 Å². The van der Waals surface area contributed by atoms with Crippen LogP contribution in [-0.4, -0.2) is 4.98 Å². The summed E-state index contributed by atoms with van der Waals surface area (Å²) in [5.41, 5.74) is 9.09. The minimum atomic E-state index is -0.288. The number of aromatic nitrogens is 1. The Morgan fingerprint density at radius 3 is 2.65 bits per heavy atom. The van der Waals surface area contributed by atoms with Crippen LogP contribution in [0.3, 0.4) is 0 Å². The summed E-state index contributed by atoms with van der Waals surface area (Å²) in [5.74, 6) is 0. The average Bonchev–Trinajstić information content (AvgIpc) is 2.32. The van der Waals surface area contributed by atoms with Crippen LogP contribution in [-0.2, 0) is 0 Å². The van der Waals surface area contributed by atoms with Gasteiger partial charge in [0.25, 0.3) is 0 Å². The second kappa shape index (κ2) is 5.05. The molecule has 1 heterocycles. The van der Waals surface area contributed by atoms with Gasteiger partial charge >= 0.3 is 0 Å². The van der Waals surface area contributed by atoms with E-state index in [4.69, 9.17) is 28.9 Å². The summed E-state index contributed by atoms with van der Waals surface area (Å²) < 4.78 is 0. The highest BCUT2D eigenvalue weighted by atomic mass is 35.5. The molecule has 0 amide bonds. The maximum atomic E-state index is 6.22. The molecule has 0 spiro atoms. The molecule has 17 heavy (non-hydrogen) atoms. The number of pyridine rings is 1. The average molecular weight is 267 g/mol. The third kappa shape index (κ3) is 2.44. The Morgan fingerprint density at radius 1 is 1.18 bits per heavy atom. The molecule has 0 saturated heterocycles. The summed E-state index contributed by atoms with van der Waals surface area (Å²) in [6.45, 7) is 1.97. The number of nitrogens with zero attached hydrogens (tertiary/aromatic N) is 1. The van der Waals surface area contributed by atoms with Crippen LogP contribution in [0.25, 0.3) is 0 Å². The van der Waals surface area contributed by atoms with E-state index in [0.717, 1.165) is 16.7 Å². The Kier molecular flexibility index (Phi) is 3.67. The molecule has 0 radical (unpaired) electrons. The Bertz CT molecular complexity index is 541. The van der Waals surface area contributed by atoms with Crippen molar-refractivity contribution in [3.63, 3.8) is 0 Å². The lowest BCUT2D eigenvalue weighted by Crippen LogP contribution is -2.14. The Labute approximate surface area is 110 Å². The number of aryl methyl sites for hydroxylation is 1. The molecule has 0 aliphatic carbocycles. The zero-order valence-electron chi connectivity index (χ0n) is 9.32. The van der Waals surface area contributed by atoms with Gasteiger partial charge in [-0.05, 0) is 35.7 Å². The number of halogens is 2. The maximum Gasteiger partial charge on any atom is 0.0643 e. The fraction of sp³-hybridized carbons (Fsp3) is 0.154. The van der Waals surface area contributed by atoms with E-state index in [0.29, 0.717) is 10.0 Å². The fourth-order valence-corrected chi connectivity index (χ4v) is 2.19. The van der Waals surface area contributed by atoms with Gasteiger partial charge in [0.15, 0.2) is 0 Å². The van der Waals surface area contributed by atoms with Gasteiger partial charge in [0.05, 0.1) is 16.1 Å². The Morgan fingerprint density at radius 2 is 1.94 bits per heavy atom. The third-order valence-electron chi connectivity index (χ3n) is 2.72. The number of hydrogen-bond donors (Lipinski definition) is 1. The number of benzene rings is 1. The van der Waals surface area contributed by atoms with E-state index in [2.05, 4.69) is 4.98 Å². The molecule has 0 fully saturated rings. The largest absolute Gasteiger partial charge is 0.320 e. The molecule has 0 aliphatic heterocycles. The van der Waals surface area contributed by atoms with E-state index in [9.17, 15) is 0 Å². The van der Waals surface area contributed by atoms with E-state index in [1.54, 1.807) is 18.5 Å². The molecule has 88 valence electrons. The molecule has 2 nitrogen and oxygen atoms in total. The highest BCUT2D eigenvalue weighted by molar-refractivity contribution is 6.42. The van der Waals surface area contributed by atoms with Gasteiger partial charge in [-0.25, -0.2) is 0 Å². The first-order valence-corrected chi connectivity index (χ1v) is 5.97. The third-order valence-corrected chi connectivity index (χ3v) is 3.55. The number of hydrogen-bond acceptors (Lipinski definition) is 2. The van der Waals surface area contributed by atoms with E-state index in [1.165, 1.54) is 0 Å². The summed E-state index contributed by atoms with van der Waals surface area (Å²) in [7, 11) is 0.